The van der Waals surface area contributed by atoms with E-state index in [2.05, 4.69) is 19.5 Å². The highest BCUT2D eigenvalue weighted by Crippen LogP contribution is 2.25. The fraction of sp³-hybridized carbons (Fsp3) is 0.357. The second kappa shape index (κ2) is 5.25. The lowest BCUT2D eigenvalue weighted by Crippen LogP contribution is -2.10. The van der Waals surface area contributed by atoms with Crippen LogP contribution in [0.3, 0.4) is 0 Å². The van der Waals surface area contributed by atoms with Crippen molar-refractivity contribution in [2.45, 2.75) is 32.3 Å². The number of rotatable bonds is 4. The van der Waals surface area contributed by atoms with Gasteiger partial charge in [-0.2, -0.15) is 0 Å². The summed E-state index contributed by atoms with van der Waals surface area (Å²) in [5.74, 6) is 0.864. The highest BCUT2D eigenvalue weighted by Gasteiger charge is 2.16. The first-order chi connectivity index (χ1) is 9.66. The maximum Gasteiger partial charge on any atom is 0.160 e. The summed E-state index contributed by atoms with van der Waals surface area (Å²) < 4.78 is 4.13. The van der Waals surface area contributed by atoms with E-state index >= 15 is 0 Å². The van der Waals surface area contributed by atoms with Crippen LogP contribution in [-0.4, -0.2) is 24.1 Å². The SMILES string of the molecule is Cc1ccnc2c1nc(C(C)Cl)n2CCn1ccnc1. The van der Waals surface area contributed by atoms with Gasteiger partial charge in [-0.3, -0.25) is 0 Å². The Morgan fingerprint density at radius 1 is 1.30 bits per heavy atom. The predicted octanol–water partition coefficient (Wildman–Crippen LogP) is 2.94. The van der Waals surface area contributed by atoms with Gasteiger partial charge in [-0.1, -0.05) is 0 Å². The Labute approximate surface area is 122 Å². The van der Waals surface area contributed by atoms with Crippen molar-refractivity contribution < 1.29 is 0 Å². The molecule has 0 spiro atoms. The number of alkyl halides is 1. The van der Waals surface area contributed by atoms with Gasteiger partial charge in [-0.15, -0.1) is 11.6 Å². The minimum atomic E-state index is -0.147. The maximum absolute atomic E-state index is 6.26. The molecule has 104 valence electrons. The standard InChI is InChI=1S/C14H16ClN5/c1-10-3-4-17-14-12(10)18-13(11(2)15)20(14)8-7-19-6-5-16-9-19/h3-6,9,11H,7-8H2,1-2H3. The van der Waals surface area contributed by atoms with Gasteiger partial charge in [0.2, 0.25) is 0 Å². The second-order valence-corrected chi connectivity index (χ2v) is 5.49. The number of halogens is 1. The van der Waals surface area contributed by atoms with Gasteiger partial charge in [-0.05, 0) is 25.5 Å². The van der Waals surface area contributed by atoms with Crippen molar-refractivity contribution in [1.82, 2.24) is 24.1 Å². The Balaban J connectivity index is 2.02. The average Bonchev–Trinajstić information content (AvgIpc) is 3.03. The fourth-order valence-electron chi connectivity index (χ4n) is 2.31. The predicted molar refractivity (Wildman–Crippen MR) is 78.8 cm³/mol. The van der Waals surface area contributed by atoms with Crippen molar-refractivity contribution in [2.24, 2.45) is 0 Å². The number of aromatic nitrogens is 5. The molecule has 3 aromatic heterocycles. The largest absolute Gasteiger partial charge is 0.336 e. The quantitative estimate of drug-likeness (QED) is 0.694. The maximum atomic E-state index is 6.26. The monoisotopic (exact) mass is 289 g/mol. The Morgan fingerprint density at radius 2 is 2.15 bits per heavy atom. The summed E-state index contributed by atoms with van der Waals surface area (Å²) in [7, 11) is 0. The number of pyridine rings is 1. The third kappa shape index (κ3) is 2.29. The number of fused-ring (bicyclic) bond motifs is 1. The molecular weight excluding hydrogens is 274 g/mol. The summed E-state index contributed by atoms with van der Waals surface area (Å²) in [6.07, 6.45) is 7.35. The van der Waals surface area contributed by atoms with Gasteiger partial charge in [0.05, 0.1) is 11.7 Å². The first-order valence-corrected chi connectivity index (χ1v) is 7.02. The molecule has 0 N–H and O–H groups in total. The summed E-state index contributed by atoms with van der Waals surface area (Å²) in [5, 5.41) is -0.147. The van der Waals surface area contributed by atoms with Crippen LogP contribution in [0.2, 0.25) is 0 Å². The van der Waals surface area contributed by atoms with Gasteiger partial charge in [0.25, 0.3) is 0 Å². The molecule has 0 aromatic carbocycles. The van der Waals surface area contributed by atoms with E-state index in [1.54, 1.807) is 6.20 Å². The summed E-state index contributed by atoms with van der Waals surface area (Å²) in [4.78, 5) is 13.2. The molecule has 20 heavy (non-hydrogen) atoms. The van der Waals surface area contributed by atoms with Gasteiger partial charge < -0.3 is 9.13 Å². The van der Waals surface area contributed by atoms with Crippen molar-refractivity contribution in [3.63, 3.8) is 0 Å². The minimum Gasteiger partial charge on any atom is -0.336 e. The van der Waals surface area contributed by atoms with Crippen molar-refractivity contribution >= 4 is 22.8 Å². The van der Waals surface area contributed by atoms with E-state index in [0.717, 1.165) is 35.6 Å². The zero-order valence-electron chi connectivity index (χ0n) is 11.5. The van der Waals surface area contributed by atoms with Gasteiger partial charge in [0.1, 0.15) is 11.3 Å². The molecule has 1 unspecified atom stereocenters. The number of hydrogen-bond donors (Lipinski definition) is 0. The molecule has 3 heterocycles. The van der Waals surface area contributed by atoms with E-state index < -0.39 is 0 Å². The lowest BCUT2D eigenvalue weighted by molar-refractivity contribution is 0.567. The lowest BCUT2D eigenvalue weighted by atomic mass is 10.3. The molecule has 3 rings (SSSR count). The van der Waals surface area contributed by atoms with Crippen molar-refractivity contribution in [3.05, 3.63) is 42.4 Å². The molecule has 0 saturated carbocycles. The second-order valence-electron chi connectivity index (χ2n) is 4.84. The first-order valence-electron chi connectivity index (χ1n) is 6.58. The third-order valence-electron chi connectivity index (χ3n) is 3.36. The number of aryl methyl sites for hydroxylation is 3. The van der Waals surface area contributed by atoms with Crippen LogP contribution in [0, 0.1) is 6.92 Å². The van der Waals surface area contributed by atoms with Crippen LogP contribution in [0.15, 0.2) is 31.0 Å². The van der Waals surface area contributed by atoms with Crippen LogP contribution in [0.1, 0.15) is 23.7 Å². The van der Waals surface area contributed by atoms with E-state index in [4.69, 9.17) is 11.6 Å². The first kappa shape index (κ1) is 13.1. The van der Waals surface area contributed by atoms with E-state index in [-0.39, 0.29) is 5.38 Å². The summed E-state index contributed by atoms with van der Waals surface area (Å²) in [6, 6.07) is 1.97. The molecule has 0 radical (unpaired) electrons. The third-order valence-corrected chi connectivity index (χ3v) is 3.56. The Bertz CT molecular complexity index is 715. The van der Waals surface area contributed by atoms with Crippen LogP contribution in [-0.2, 0) is 13.1 Å². The van der Waals surface area contributed by atoms with E-state index in [1.807, 2.05) is 43.2 Å². The Morgan fingerprint density at radius 3 is 2.85 bits per heavy atom. The van der Waals surface area contributed by atoms with E-state index in [9.17, 15) is 0 Å². The van der Waals surface area contributed by atoms with Crippen LogP contribution >= 0.6 is 11.6 Å². The van der Waals surface area contributed by atoms with Crippen LogP contribution < -0.4 is 0 Å². The number of nitrogens with zero attached hydrogens (tertiary/aromatic N) is 5. The zero-order valence-corrected chi connectivity index (χ0v) is 12.2. The van der Waals surface area contributed by atoms with Gasteiger partial charge in [-0.25, -0.2) is 15.0 Å². The van der Waals surface area contributed by atoms with Crippen molar-refractivity contribution in [3.8, 4) is 0 Å². The summed E-state index contributed by atoms with van der Waals surface area (Å²) >= 11 is 6.26. The molecule has 6 heteroatoms. The molecule has 0 aliphatic carbocycles. The molecule has 0 aliphatic rings. The zero-order chi connectivity index (χ0) is 14.1. The molecule has 3 aromatic rings. The smallest absolute Gasteiger partial charge is 0.160 e. The molecular formula is C14H16ClN5. The Hall–Kier alpha value is -1.88. The van der Waals surface area contributed by atoms with Gasteiger partial charge >= 0.3 is 0 Å². The Kier molecular flexibility index (Phi) is 3.44. The van der Waals surface area contributed by atoms with Crippen LogP contribution in [0.25, 0.3) is 11.2 Å². The average molecular weight is 290 g/mol. The normalized spacial score (nSPS) is 12.9. The summed E-state index contributed by atoms with van der Waals surface area (Å²) in [5.41, 5.74) is 2.95. The lowest BCUT2D eigenvalue weighted by Gasteiger charge is -2.10. The van der Waals surface area contributed by atoms with Crippen LogP contribution in [0.4, 0.5) is 0 Å². The summed E-state index contributed by atoms with van der Waals surface area (Å²) in [6.45, 7) is 5.57. The molecule has 5 nitrogen and oxygen atoms in total. The van der Waals surface area contributed by atoms with E-state index in [0.29, 0.717) is 0 Å². The van der Waals surface area contributed by atoms with Crippen molar-refractivity contribution in [2.75, 3.05) is 0 Å². The van der Waals surface area contributed by atoms with Crippen molar-refractivity contribution in [1.29, 1.82) is 0 Å². The molecule has 0 amide bonds. The molecule has 0 fully saturated rings. The molecule has 0 saturated heterocycles. The highest BCUT2D eigenvalue weighted by atomic mass is 35.5. The van der Waals surface area contributed by atoms with Gasteiger partial charge in [0, 0.05) is 31.7 Å². The minimum absolute atomic E-state index is 0.147. The topological polar surface area (TPSA) is 48.5 Å². The highest BCUT2D eigenvalue weighted by molar-refractivity contribution is 6.20. The van der Waals surface area contributed by atoms with Gasteiger partial charge in [0.15, 0.2) is 5.65 Å². The molecule has 0 bridgehead atoms. The molecule has 0 aliphatic heterocycles. The fourth-order valence-corrected chi connectivity index (χ4v) is 2.48. The van der Waals surface area contributed by atoms with E-state index in [1.165, 1.54) is 0 Å². The number of imidazole rings is 2. The number of hydrogen-bond acceptors (Lipinski definition) is 3. The molecule has 1 atom stereocenters. The van der Waals surface area contributed by atoms with Crippen LogP contribution in [0.5, 0.6) is 0 Å².